The molecule has 0 bridgehead atoms. The van der Waals surface area contributed by atoms with E-state index < -0.39 is 0 Å². The Morgan fingerprint density at radius 1 is 1.10 bits per heavy atom. The molecule has 2 fully saturated rings. The van der Waals surface area contributed by atoms with E-state index in [1.54, 1.807) is 0 Å². The fourth-order valence-corrected chi connectivity index (χ4v) is 3.65. The molecule has 0 amide bonds. The van der Waals surface area contributed by atoms with Gasteiger partial charge in [-0.2, -0.15) is 0 Å². The van der Waals surface area contributed by atoms with E-state index in [0.29, 0.717) is 23.5 Å². The Morgan fingerprint density at radius 3 is 1.95 bits per heavy atom. The van der Waals surface area contributed by atoms with Gasteiger partial charge in [-0.3, -0.25) is 4.79 Å². The molecule has 21 heavy (non-hydrogen) atoms. The zero-order valence-corrected chi connectivity index (χ0v) is 14.6. The molecular weight excluding hydrogens is 260 g/mol. The molecule has 5 atom stereocenters. The number of hydrogen-bond donors (Lipinski definition) is 1. The average molecular weight is 294 g/mol. The minimum Gasteiger partial charge on any atom is -0.393 e. The van der Waals surface area contributed by atoms with Crippen molar-refractivity contribution in [1.82, 2.24) is 0 Å². The summed E-state index contributed by atoms with van der Waals surface area (Å²) in [5.41, 5.74) is 1.21. The number of Topliss-reactive ketones (excluding diaryl/α,β-unsaturated/α-hetero) is 1. The van der Waals surface area contributed by atoms with Gasteiger partial charge in [0.2, 0.25) is 0 Å². The van der Waals surface area contributed by atoms with Gasteiger partial charge < -0.3 is 5.11 Å². The number of hydrogen-bond acceptors (Lipinski definition) is 2. The summed E-state index contributed by atoms with van der Waals surface area (Å²) in [4.78, 5) is 11.1. The van der Waals surface area contributed by atoms with Gasteiger partial charge in [-0.25, -0.2) is 0 Å². The Morgan fingerprint density at radius 2 is 1.57 bits per heavy atom. The number of carbonyl (C=O) groups is 1. The first kappa shape index (κ1) is 18.4. The normalized spacial score (nSPS) is 38.5. The summed E-state index contributed by atoms with van der Waals surface area (Å²) in [6.07, 6.45) is 6.77. The van der Waals surface area contributed by atoms with Gasteiger partial charge in [0.1, 0.15) is 5.78 Å². The van der Waals surface area contributed by atoms with Crippen LogP contribution < -0.4 is 0 Å². The quantitative estimate of drug-likeness (QED) is 0.708. The van der Waals surface area contributed by atoms with Crippen LogP contribution in [0, 0.1) is 23.2 Å². The molecule has 0 aromatic heterocycles. The molecule has 0 spiro atoms. The lowest BCUT2D eigenvalue weighted by Crippen LogP contribution is -2.36. The van der Waals surface area contributed by atoms with Crippen LogP contribution in [0.5, 0.6) is 0 Å². The van der Waals surface area contributed by atoms with Gasteiger partial charge in [-0.05, 0) is 38.5 Å². The maximum Gasteiger partial charge on any atom is 0.138 e. The SMILES string of the molecule is C=C1[C@H](C)CCC[C@@]1(C)C(C)O.CC1CCCC(C)C1=O. The van der Waals surface area contributed by atoms with Crippen molar-refractivity contribution in [2.24, 2.45) is 23.2 Å². The van der Waals surface area contributed by atoms with Crippen LogP contribution in [-0.4, -0.2) is 17.0 Å². The van der Waals surface area contributed by atoms with Crippen LogP contribution in [0.3, 0.4) is 0 Å². The predicted molar refractivity (Wildman–Crippen MR) is 89.1 cm³/mol. The maximum absolute atomic E-state index is 11.1. The average Bonchev–Trinajstić information content (AvgIpc) is 2.42. The molecule has 1 N–H and O–H groups in total. The highest BCUT2D eigenvalue weighted by molar-refractivity contribution is 5.83. The van der Waals surface area contributed by atoms with Crippen LogP contribution in [0.4, 0.5) is 0 Å². The van der Waals surface area contributed by atoms with E-state index in [2.05, 4.69) is 20.4 Å². The summed E-state index contributed by atoms with van der Waals surface area (Å²) in [6, 6.07) is 0. The van der Waals surface area contributed by atoms with Gasteiger partial charge >= 0.3 is 0 Å². The van der Waals surface area contributed by atoms with Crippen molar-refractivity contribution < 1.29 is 9.90 Å². The molecule has 2 saturated carbocycles. The zero-order valence-electron chi connectivity index (χ0n) is 14.6. The molecule has 2 nitrogen and oxygen atoms in total. The van der Waals surface area contributed by atoms with Gasteiger partial charge in [0.25, 0.3) is 0 Å². The van der Waals surface area contributed by atoms with E-state index in [0.717, 1.165) is 19.3 Å². The standard InChI is InChI=1S/C11H20O.C8H14O/c1-8-6-5-7-11(4,9(8)2)10(3)12;1-6-4-3-5-7(2)8(6)9/h8,10,12H,2,5-7H2,1,3-4H3;6-7H,3-5H2,1-2H3/t8-,10?,11-;/m1./s1. The second-order valence-corrected chi connectivity index (χ2v) is 7.55. The molecule has 2 aliphatic rings. The molecule has 2 heteroatoms. The Labute approximate surface area is 131 Å². The second kappa shape index (κ2) is 7.58. The van der Waals surface area contributed by atoms with Gasteiger partial charge in [0.05, 0.1) is 6.10 Å². The van der Waals surface area contributed by atoms with Crippen molar-refractivity contribution in [3.63, 3.8) is 0 Å². The van der Waals surface area contributed by atoms with Crippen molar-refractivity contribution >= 4 is 5.78 Å². The molecule has 122 valence electrons. The molecule has 2 aliphatic carbocycles. The molecule has 2 rings (SSSR count). The van der Waals surface area contributed by atoms with E-state index in [1.807, 2.05) is 20.8 Å². The fourth-order valence-electron chi connectivity index (χ4n) is 3.65. The molecule has 0 aliphatic heterocycles. The molecule has 3 unspecified atom stereocenters. The Kier molecular flexibility index (Phi) is 6.65. The van der Waals surface area contributed by atoms with Gasteiger partial charge in [-0.1, -0.05) is 52.7 Å². The minimum atomic E-state index is -0.257. The smallest absolute Gasteiger partial charge is 0.138 e. The summed E-state index contributed by atoms with van der Waals surface area (Å²) in [6.45, 7) is 14.4. The van der Waals surface area contributed by atoms with E-state index in [4.69, 9.17) is 0 Å². The summed E-state index contributed by atoms with van der Waals surface area (Å²) in [5.74, 6) is 1.74. The Balaban J connectivity index is 0.000000219. The van der Waals surface area contributed by atoms with Crippen LogP contribution in [-0.2, 0) is 4.79 Å². The van der Waals surface area contributed by atoms with Gasteiger partial charge in [0, 0.05) is 17.3 Å². The number of carbonyl (C=O) groups excluding carboxylic acids is 1. The first-order valence-electron chi connectivity index (χ1n) is 8.61. The maximum atomic E-state index is 11.1. The number of rotatable bonds is 1. The monoisotopic (exact) mass is 294 g/mol. The van der Waals surface area contributed by atoms with Gasteiger partial charge in [0.15, 0.2) is 0 Å². The van der Waals surface area contributed by atoms with Crippen molar-refractivity contribution in [2.75, 3.05) is 0 Å². The third kappa shape index (κ3) is 4.42. The summed E-state index contributed by atoms with van der Waals surface area (Å²) >= 11 is 0. The Hall–Kier alpha value is -0.630. The summed E-state index contributed by atoms with van der Waals surface area (Å²) in [5, 5.41) is 9.66. The Bertz CT molecular complexity index is 360. The van der Waals surface area contributed by atoms with E-state index >= 15 is 0 Å². The topological polar surface area (TPSA) is 37.3 Å². The van der Waals surface area contributed by atoms with Crippen molar-refractivity contribution in [3.05, 3.63) is 12.2 Å². The molecular formula is C19H34O2. The first-order chi connectivity index (χ1) is 9.70. The third-order valence-electron chi connectivity index (χ3n) is 5.83. The van der Waals surface area contributed by atoms with Crippen molar-refractivity contribution in [1.29, 1.82) is 0 Å². The summed E-state index contributed by atoms with van der Waals surface area (Å²) in [7, 11) is 0. The minimum absolute atomic E-state index is 0.0301. The highest BCUT2D eigenvalue weighted by atomic mass is 16.3. The van der Waals surface area contributed by atoms with E-state index in [9.17, 15) is 9.90 Å². The lowest BCUT2D eigenvalue weighted by molar-refractivity contribution is -0.127. The second-order valence-electron chi connectivity index (χ2n) is 7.55. The highest BCUT2D eigenvalue weighted by Crippen LogP contribution is 2.44. The third-order valence-corrected chi connectivity index (χ3v) is 5.83. The molecule has 0 aromatic carbocycles. The zero-order chi connectivity index (χ0) is 16.2. The molecule has 0 radical (unpaired) electrons. The summed E-state index contributed by atoms with van der Waals surface area (Å²) < 4.78 is 0. The van der Waals surface area contributed by atoms with Crippen LogP contribution >= 0.6 is 0 Å². The highest BCUT2D eigenvalue weighted by Gasteiger charge is 2.37. The predicted octanol–water partition coefficient (Wildman–Crippen LogP) is 4.76. The van der Waals surface area contributed by atoms with Crippen molar-refractivity contribution in [3.8, 4) is 0 Å². The molecule has 0 aromatic rings. The largest absolute Gasteiger partial charge is 0.393 e. The lowest BCUT2D eigenvalue weighted by atomic mass is 9.65. The number of ketones is 1. The molecule has 0 saturated heterocycles. The number of aliphatic hydroxyl groups excluding tert-OH is 1. The van der Waals surface area contributed by atoms with Gasteiger partial charge in [-0.15, -0.1) is 0 Å². The van der Waals surface area contributed by atoms with E-state index in [1.165, 1.54) is 24.8 Å². The van der Waals surface area contributed by atoms with E-state index in [-0.39, 0.29) is 11.5 Å². The molecule has 0 heterocycles. The van der Waals surface area contributed by atoms with Crippen LogP contribution in [0.15, 0.2) is 12.2 Å². The van der Waals surface area contributed by atoms with Crippen LogP contribution in [0.25, 0.3) is 0 Å². The van der Waals surface area contributed by atoms with Crippen LogP contribution in [0.2, 0.25) is 0 Å². The lowest BCUT2D eigenvalue weighted by Gasteiger charge is -2.41. The number of aliphatic hydroxyl groups is 1. The fraction of sp³-hybridized carbons (Fsp3) is 0.842. The first-order valence-corrected chi connectivity index (χ1v) is 8.61. The van der Waals surface area contributed by atoms with Crippen molar-refractivity contribution in [2.45, 2.75) is 79.2 Å². The van der Waals surface area contributed by atoms with Crippen LogP contribution in [0.1, 0.15) is 73.1 Å².